The van der Waals surface area contributed by atoms with Crippen LogP contribution in [0.15, 0.2) is 24.3 Å². The fourth-order valence-electron chi connectivity index (χ4n) is 3.49. The SMILES string of the molecule is O=C(Nc1ccccc1Cl)C1CC2CCCC(C1)C2=O. The number of para-hydroxylation sites is 1. The van der Waals surface area contributed by atoms with E-state index in [-0.39, 0.29) is 23.7 Å². The molecule has 106 valence electrons. The highest BCUT2D eigenvalue weighted by Crippen LogP contribution is 2.40. The molecule has 2 aliphatic carbocycles. The highest BCUT2D eigenvalue weighted by Gasteiger charge is 2.41. The summed E-state index contributed by atoms with van der Waals surface area (Å²) in [6.07, 6.45) is 4.42. The number of ketones is 1. The summed E-state index contributed by atoms with van der Waals surface area (Å²) in [6, 6.07) is 7.24. The van der Waals surface area contributed by atoms with Gasteiger partial charge in [0.05, 0.1) is 10.7 Å². The lowest BCUT2D eigenvalue weighted by Crippen LogP contribution is -2.40. The maximum absolute atomic E-state index is 12.4. The zero-order chi connectivity index (χ0) is 14.1. The summed E-state index contributed by atoms with van der Waals surface area (Å²) >= 11 is 6.06. The number of anilines is 1. The van der Waals surface area contributed by atoms with Crippen LogP contribution in [0.5, 0.6) is 0 Å². The minimum Gasteiger partial charge on any atom is -0.325 e. The molecule has 1 aromatic rings. The van der Waals surface area contributed by atoms with Crippen molar-refractivity contribution in [3.8, 4) is 0 Å². The number of carbonyl (C=O) groups is 2. The van der Waals surface area contributed by atoms with Crippen molar-refractivity contribution in [2.75, 3.05) is 5.32 Å². The summed E-state index contributed by atoms with van der Waals surface area (Å²) in [7, 11) is 0. The predicted molar refractivity (Wildman–Crippen MR) is 78.6 cm³/mol. The first kappa shape index (κ1) is 13.6. The van der Waals surface area contributed by atoms with E-state index in [2.05, 4.69) is 5.32 Å². The zero-order valence-electron chi connectivity index (χ0n) is 11.3. The summed E-state index contributed by atoms with van der Waals surface area (Å²) in [5, 5.41) is 3.45. The molecule has 0 radical (unpaired) electrons. The number of hydrogen-bond donors (Lipinski definition) is 1. The van der Waals surface area contributed by atoms with Crippen molar-refractivity contribution in [3.63, 3.8) is 0 Å². The Morgan fingerprint density at radius 3 is 2.45 bits per heavy atom. The van der Waals surface area contributed by atoms with Gasteiger partial charge in [-0.05, 0) is 37.8 Å². The quantitative estimate of drug-likeness (QED) is 0.903. The van der Waals surface area contributed by atoms with Gasteiger partial charge in [-0.15, -0.1) is 0 Å². The van der Waals surface area contributed by atoms with E-state index in [0.717, 1.165) is 19.3 Å². The second kappa shape index (κ2) is 5.57. The highest BCUT2D eigenvalue weighted by molar-refractivity contribution is 6.33. The number of halogens is 1. The van der Waals surface area contributed by atoms with Gasteiger partial charge in [0.2, 0.25) is 5.91 Å². The third kappa shape index (κ3) is 2.59. The molecule has 20 heavy (non-hydrogen) atoms. The summed E-state index contributed by atoms with van der Waals surface area (Å²) < 4.78 is 0. The van der Waals surface area contributed by atoms with Crippen LogP contribution >= 0.6 is 11.6 Å². The third-order valence-electron chi connectivity index (χ3n) is 4.55. The van der Waals surface area contributed by atoms with Gasteiger partial charge in [0.15, 0.2) is 0 Å². The maximum Gasteiger partial charge on any atom is 0.227 e. The van der Waals surface area contributed by atoms with E-state index >= 15 is 0 Å². The number of rotatable bonds is 2. The van der Waals surface area contributed by atoms with E-state index < -0.39 is 0 Å². The monoisotopic (exact) mass is 291 g/mol. The van der Waals surface area contributed by atoms with Crippen LogP contribution in [0.3, 0.4) is 0 Å². The number of Topliss-reactive ketones (excluding diaryl/α,β-unsaturated/α-hetero) is 1. The Morgan fingerprint density at radius 1 is 1.15 bits per heavy atom. The average Bonchev–Trinajstić information content (AvgIpc) is 2.41. The Labute approximate surface area is 123 Å². The standard InChI is InChI=1S/C16H18ClNO2/c17-13-6-1-2-7-14(13)18-16(20)12-8-10-4-3-5-11(9-12)15(10)19/h1-2,6-7,10-12H,3-5,8-9H2,(H,18,20). The van der Waals surface area contributed by atoms with E-state index in [9.17, 15) is 9.59 Å². The van der Waals surface area contributed by atoms with Crippen LogP contribution in [-0.4, -0.2) is 11.7 Å². The topological polar surface area (TPSA) is 46.2 Å². The molecule has 3 nitrogen and oxygen atoms in total. The minimum absolute atomic E-state index is 0.00231. The Balaban J connectivity index is 1.69. The first-order valence-corrected chi connectivity index (χ1v) is 7.62. The van der Waals surface area contributed by atoms with Crippen LogP contribution in [0.4, 0.5) is 5.69 Å². The fraction of sp³-hybridized carbons (Fsp3) is 0.500. The summed E-state index contributed by atoms with van der Waals surface area (Å²) in [4.78, 5) is 24.4. The number of fused-ring (bicyclic) bond motifs is 2. The molecule has 2 atom stereocenters. The molecule has 2 aliphatic rings. The molecule has 2 fully saturated rings. The van der Waals surface area contributed by atoms with E-state index in [1.807, 2.05) is 12.1 Å². The smallest absolute Gasteiger partial charge is 0.227 e. The van der Waals surface area contributed by atoms with Gasteiger partial charge in [-0.2, -0.15) is 0 Å². The molecular weight excluding hydrogens is 274 g/mol. The molecule has 2 unspecified atom stereocenters. The van der Waals surface area contributed by atoms with Gasteiger partial charge in [0.25, 0.3) is 0 Å². The normalized spacial score (nSPS) is 29.1. The van der Waals surface area contributed by atoms with Crippen molar-refractivity contribution in [1.82, 2.24) is 0 Å². The van der Waals surface area contributed by atoms with Crippen molar-refractivity contribution in [3.05, 3.63) is 29.3 Å². The third-order valence-corrected chi connectivity index (χ3v) is 4.88. The Bertz CT molecular complexity index is 527. The van der Waals surface area contributed by atoms with Crippen molar-refractivity contribution >= 4 is 29.0 Å². The number of benzene rings is 1. The second-order valence-electron chi connectivity index (χ2n) is 5.86. The molecule has 0 spiro atoms. The van der Waals surface area contributed by atoms with Crippen molar-refractivity contribution in [2.24, 2.45) is 17.8 Å². The van der Waals surface area contributed by atoms with Crippen molar-refractivity contribution in [2.45, 2.75) is 32.1 Å². The molecule has 4 heteroatoms. The summed E-state index contributed by atoms with van der Waals surface area (Å²) in [5.74, 6) is 0.536. The van der Waals surface area contributed by atoms with Gasteiger partial charge in [0.1, 0.15) is 5.78 Å². The van der Waals surface area contributed by atoms with E-state index in [0.29, 0.717) is 29.3 Å². The van der Waals surface area contributed by atoms with Gasteiger partial charge in [0, 0.05) is 17.8 Å². The molecule has 2 saturated carbocycles. The largest absolute Gasteiger partial charge is 0.325 e. The van der Waals surface area contributed by atoms with Crippen molar-refractivity contribution in [1.29, 1.82) is 0 Å². The first-order valence-electron chi connectivity index (χ1n) is 7.24. The van der Waals surface area contributed by atoms with Gasteiger partial charge >= 0.3 is 0 Å². The van der Waals surface area contributed by atoms with E-state index in [4.69, 9.17) is 11.6 Å². The molecule has 2 bridgehead atoms. The first-order chi connectivity index (χ1) is 9.65. The zero-order valence-corrected chi connectivity index (χ0v) is 12.0. The highest BCUT2D eigenvalue weighted by atomic mass is 35.5. The molecule has 1 aromatic carbocycles. The molecule has 1 amide bonds. The van der Waals surface area contributed by atoms with Gasteiger partial charge in [-0.25, -0.2) is 0 Å². The molecule has 0 saturated heterocycles. The van der Waals surface area contributed by atoms with Gasteiger partial charge < -0.3 is 5.32 Å². The molecule has 3 rings (SSSR count). The van der Waals surface area contributed by atoms with Crippen LogP contribution in [0.2, 0.25) is 5.02 Å². The number of hydrogen-bond acceptors (Lipinski definition) is 2. The van der Waals surface area contributed by atoms with Crippen LogP contribution < -0.4 is 5.32 Å². The molecule has 0 aromatic heterocycles. The maximum atomic E-state index is 12.4. The predicted octanol–water partition coefficient (Wildman–Crippen LogP) is 3.67. The molecule has 0 heterocycles. The second-order valence-corrected chi connectivity index (χ2v) is 6.27. The van der Waals surface area contributed by atoms with E-state index in [1.165, 1.54) is 0 Å². The Hall–Kier alpha value is -1.35. The Kier molecular flexibility index (Phi) is 3.79. The molecule has 1 N–H and O–H groups in total. The lowest BCUT2D eigenvalue weighted by molar-refractivity contribution is -0.136. The van der Waals surface area contributed by atoms with Crippen LogP contribution in [0, 0.1) is 17.8 Å². The lowest BCUT2D eigenvalue weighted by atomic mass is 9.67. The summed E-state index contributed by atoms with van der Waals surface area (Å²) in [6.45, 7) is 0. The average molecular weight is 292 g/mol. The van der Waals surface area contributed by atoms with E-state index in [1.54, 1.807) is 12.1 Å². The van der Waals surface area contributed by atoms with Crippen LogP contribution in [0.25, 0.3) is 0 Å². The number of amides is 1. The minimum atomic E-state index is -0.0562. The lowest BCUT2D eigenvalue weighted by Gasteiger charge is -2.36. The fourth-order valence-corrected chi connectivity index (χ4v) is 3.67. The molecule has 0 aliphatic heterocycles. The molecular formula is C16H18ClNO2. The van der Waals surface area contributed by atoms with Gasteiger partial charge in [-0.1, -0.05) is 30.2 Å². The number of nitrogens with one attached hydrogen (secondary N) is 1. The van der Waals surface area contributed by atoms with Crippen molar-refractivity contribution < 1.29 is 9.59 Å². The van der Waals surface area contributed by atoms with Crippen LogP contribution in [0.1, 0.15) is 32.1 Å². The Morgan fingerprint density at radius 2 is 1.80 bits per heavy atom. The number of carbonyl (C=O) groups excluding carboxylic acids is 2. The van der Waals surface area contributed by atoms with Crippen LogP contribution in [-0.2, 0) is 9.59 Å². The van der Waals surface area contributed by atoms with Gasteiger partial charge in [-0.3, -0.25) is 9.59 Å². The summed E-state index contributed by atoms with van der Waals surface area (Å²) in [5.41, 5.74) is 0.654.